The normalized spacial score (nSPS) is 29.0. The molecule has 1 saturated heterocycles. The minimum absolute atomic E-state index is 0.0198. The number of nitrogens with zero attached hydrogens (tertiary/aromatic N) is 1. The molecule has 0 aromatic carbocycles. The fraction of sp³-hybridized carbons (Fsp3) is 0.882. The molecule has 2 amide bonds. The zero-order valence-electron chi connectivity index (χ0n) is 14.1. The van der Waals surface area contributed by atoms with E-state index in [0.29, 0.717) is 5.92 Å². The van der Waals surface area contributed by atoms with Crippen LogP contribution in [0, 0.1) is 11.3 Å². The lowest BCUT2D eigenvalue weighted by Crippen LogP contribution is -2.69. The van der Waals surface area contributed by atoms with Crippen LogP contribution in [0.25, 0.3) is 0 Å². The Kier molecular flexibility index (Phi) is 4.64. The maximum Gasteiger partial charge on any atom is 0.246 e. The minimum Gasteiger partial charge on any atom is -0.342 e. The maximum absolute atomic E-state index is 13.0. The first-order valence-electron chi connectivity index (χ1n) is 8.36. The third kappa shape index (κ3) is 3.24. The van der Waals surface area contributed by atoms with E-state index >= 15 is 0 Å². The third-order valence-corrected chi connectivity index (χ3v) is 4.84. The lowest BCUT2D eigenvalue weighted by molar-refractivity contribution is -0.158. The van der Waals surface area contributed by atoms with Gasteiger partial charge in [0.15, 0.2) is 0 Å². The van der Waals surface area contributed by atoms with Crippen LogP contribution >= 0.6 is 0 Å². The Morgan fingerprint density at radius 1 is 1.10 bits per heavy atom. The van der Waals surface area contributed by atoms with Gasteiger partial charge < -0.3 is 10.2 Å². The Labute approximate surface area is 128 Å². The van der Waals surface area contributed by atoms with Gasteiger partial charge in [0.05, 0.1) is 0 Å². The van der Waals surface area contributed by atoms with E-state index in [1.807, 2.05) is 39.5 Å². The Morgan fingerprint density at radius 3 is 2.14 bits per heavy atom. The van der Waals surface area contributed by atoms with E-state index in [1.165, 1.54) is 19.3 Å². The first-order chi connectivity index (χ1) is 9.73. The average molecular weight is 294 g/mol. The summed E-state index contributed by atoms with van der Waals surface area (Å²) < 4.78 is 0. The summed E-state index contributed by atoms with van der Waals surface area (Å²) in [5, 5.41) is 3.05. The molecular weight excluding hydrogens is 264 g/mol. The summed E-state index contributed by atoms with van der Waals surface area (Å²) in [6, 6.07) is -0.623. The molecule has 2 fully saturated rings. The molecule has 21 heavy (non-hydrogen) atoms. The van der Waals surface area contributed by atoms with Crippen LogP contribution in [0.4, 0.5) is 0 Å². The van der Waals surface area contributed by atoms with Crippen LogP contribution in [0.3, 0.4) is 0 Å². The molecule has 120 valence electrons. The number of carbonyl (C=O) groups is 2. The van der Waals surface area contributed by atoms with Gasteiger partial charge >= 0.3 is 0 Å². The van der Waals surface area contributed by atoms with Crippen LogP contribution in [0.2, 0.25) is 0 Å². The molecular formula is C17H30N2O2. The van der Waals surface area contributed by atoms with E-state index in [-0.39, 0.29) is 35.4 Å². The molecule has 0 spiro atoms. The summed E-state index contributed by atoms with van der Waals surface area (Å²) in [4.78, 5) is 27.5. The highest BCUT2D eigenvalue weighted by Gasteiger charge is 2.48. The van der Waals surface area contributed by atoms with Crippen molar-refractivity contribution in [2.75, 3.05) is 0 Å². The van der Waals surface area contributed by atoms with Gasteiger partial charge in [0.1, 0.15) is 12.1 Å². The average Bonchev–Trinajstić information content (AvgIpc) is 2.39. The van der Waals surface area contributed by atoms with Crippen LogP contribution in [-0.4, -0.2) is 34.8 Å². The Morgan fingerprint density at radius 2 is 1.67 bits per heavy atom. The molecule has 1 saturated carbocycles. The van der Waals surface area contributed by atoms with Gasteiger partial charge in [0.25, 0.3) is 0 Å². The van der Waals surface area contributed by atoms with Crippen molar-refractivity contribution in [2.24, 2.45) is 11.3 Å². The van der Waals surface area contributed by atoms with Crippen molar-refractivity contribution in [1.82, 2.24) is 10.2 Å². The van der Waals surface area contributed by atoms with Crippen molar-refractivity contribution in [3.05, 3.63) is 0 Å². The zero-order valence-corrected chi connectivity index (χ0v) is 14.1. The largest absolute Gasteiger partial charge is 0.342 e. The van der Waals surface area contributed by atoms with Crippen LogP contribution in [0.1, 0.15) is 66.7 Å². The quantitative estimate of drug-likeness (QED) is 0.851. The SMILES string of the molecule is CC(C)N1C(=O)C(C2CCCCC2)NC(=O)C1C(C)(C)C. The monoisotopic (exact) mass is 294 g/mol. The Bertz CT molecular complexity index is 406. The van der Waals surface area contributed by atoms with Crippen molar-refractivity contribution in [3.8, 4) is 0 Å². The predicted molar refractivity (Wildman–Crippen MR) is 83.7 cm³/mol. The summed E-state index contributed by atoms with van der Waals surface area (Å²) >= 11 is 0. The van der Waals surface area contributed by atoms with E-state index in [2.05, 4.69) is 5.32 Å². The van der Waals surface area contributed by atoms with Crippen molar-refractivity contribution in [2.45, 2.75) is 84.8 Å². The number of nitrogens with one attached hydrogen (secondary N) is 1. The lowest BCUT2D eigenvalue weighted by atomic mass is 9.78. The second kappa shape index (κ2) is 5.98. The minimum atomic E-state index is -0.371. The maximum atomic E-state index is 13.0. The second-order valence-electron chi connectivity index (χ2n) is 7.99. The van der Waals surface area contributed by atoms with E-state index in [1.54, 1.807) is 0 Å². The van der Waals surface area contributed by atoms with Crippen LogP contribution < -0.4 is 5.32 Å². The third-order valence-electron chi connectivity index (χ3n) is 4.84. The van der Waals surface area contributed by atoms with Crippen molar-refractivity contribution < 1.29 is 9.59 Å². The van der Waals surface area contributed by atoms with Gasteiger partial charge in [0, 0.05) is 6.04 Å². The molecule has 2 rings (SSSR count). The fourth-order valence-corrected chi connectivity index (χ4v) is 3.86. The number of piperazine rings is 1. The Hall–Kier alpha value is -1.06. The van der Waals surface area contributed by atoms with Crippen molar-refractivity contribution in [3.63, 3.8) is 0 Å². The topological polar surface area (TPSA) is 49.4 Å². The summed E-state index contributed by atoms with van der Waals surface area (Å²) in [7, 11) is 0. The molecule has 1 aliphatic heterocycles. The van der Waals surface area contributed by atoms with Crippen LogP contribution in [0.15, 0.2) is 0 Å². The molecule has 4 heteroatoms. The first-order valence-corrected chi connectivity index (χ1v) is 8.36. The standard InChI is InChI=1S/C17H30N2O2/c1-11(2)19-14(17(3,4)5)15(20)18-13(16(19)21)12-9-7-6-8-10-12/h11-14H,6-10H2,1-5H3,(H,18,20). The van der Waals surface area contributed by atoms with Crippen LogP contribution in [0.5, 0.6) is 0 Å². The molecule has 0 bridgehead atoms. The Balaban J connectivity index is 2.26. The van der Waals surface area contributed by atoms with E-state index in [4.69, 9.17) is 0 Å². The summed E-state index contributed by atoms with van der Waals surface area (Å²) in [6.07, 6.45) is 5.72. The first kappa shape index (κ1) is 16.3. The summed E-state index contributed by atoms with van der Waals surface area (Å²) in [6.45, 7) is 10.1. The number of amides is 2. The molecule has 1 heterocycles. The van der Waals surface area contributed by atoms with E-state index < -0.39 is 0 Å². The second-order valence-corrected chi connectivity index (χ2v) is 7.99. The van der Waals surface area contributed by atoms with Gasteiger partial charge in [-0.15, -0.1) is 0 Å². The number of carbonyl (C=O) groups excluding carboxylic acids is 2. The molecule has 1 aliphatic carbocycles. The van der Waals surface area contributed by atoms with Gasteiger partial charge in [-0.3, -0.25) is 9.59 Å². The van der Waals surface area contributed by atoms with Gasteiger partial charge in [-0.25, -0.2) is 0 Å². The number of hydrogen-bond donors (Lipinski definition) is 1. The lowest BCUT2D eigenvalue weighted by Gasteiger charge is -2.48. The molecule has 0 aromatic heterocycles. The highest BCUT2D eigenvalue weighted by molar-refractivity contribution is 5.97. The van der Waals surface area contributed by atoms with E-state index in [0.717, 1.165) is 12.8 Å². The molecule has 2 unspecified atom stereocenters. The smallest absolute Gasteiger partial charge is 0.246 e. The molecule has 0 radical (unpaired) electrons. The zero-order chi connectivity index (χ0) is 15.8. The van der Waals surface area contributed by atoms with Gasteiger partial charge in [0.2, 0.25) is 11.8 Å². The predicted octanol–water partition coefficient (Wildman–Crippen LogP) is 2.72. The summed E-state index contributed by atoms with van der Waals surface area (Å²) in [5.41, 5.74) is -0.248. The van der Waals surface area contributed by atoms with Gasteiger partial charge in [-0.05, 0) is 38.0 Å². The number of hydrogen-bond acceptors (Lipinski definition) is 2. The van der Waals surface area contributed by atoms with Gasteiger partial charge in [-0.1, -0.05) is 40.0 Å². The molecule has 1 N–H and O–H groups in total. The highest BCUT2D eigenvalue weighted by atomic mass is 16.2. The fourth-order valence-electron chi connectivity index (χ4n) is 3.86. The molecule has 2 atom stereocenters. The van der Waals surface area contributed by atoms with Gasteiger partial charge in [-0.2, -0.15) is 0 Å². The van der Waals surface area contributed by atoms with Crippen LogP contribution in [-0.2, 0) is 9.59 Å². The summed E-state index contributed by atoms with van der Waals surface area (Å²) in [5.74, 6) is 0.458. The van der Waals surface area contributed by atoms with Crippen molar-refractivity contribution >= 4 is 11.8 Å². The molecule has 0 aromatic rings. The molecule has 2 aliphatic rings. The number of rotatable bonds is 2. The van der Waals surface area contributed by atoms with Crippen molar-refractivity contribution in [1.29, 1.82) is 0 Å². The van der Waals surface area contributed by atoms with E-state index in [9.17, 15) is 9.59 Å². The molecule has 4 nitrogen and oxygen atoms in total. The highest BCUT2D eigenvalue weighted by Crippen LogP contribution is 2.34.